The van der Waals surface area contributed by atoms with Crippen LogP contribution in [0.2, 0.25) is 0 Å². The molecule has 0 fully saturated rings. The fourth-order valence-electron chi connectivity index (χ4n) is 1.38. The number of carbonyl (C=O) groups excluding carboxylic acids is 1. The van der Waals surface area contributed by atoms with Gasteiger partial charge in [0.25, 0.3) is 0 Å². The number of fused-ring (bicyclic) bond motifs is 1. The number of carbonyl (C=O) groups is 1. The van der Waals surface area contributed by atoms with Gasteiger partial charge < -0.3 is 5.32 Å². The van der Waals surface area contributed by atoms with Crippen LogP contribution in [0.4, 0.5) is 0 Å². The maximum absolute atomic E-state index is 10.5. The molecule has 0 radical (unpaired) electrons. The van der Waals surface area contributed by atoms with Crippen LogP contribution in [-0.4, -0.2) is 12.8 Å². The van der Waals surface area contributed by atoms with Crippen LogP contribution in [0.3, 0.4) is 0 Å². The minimum Gasteiger partial charge on any atom is -0.312 e. The molecule has 2 heterocycles. The van der Waals surface area contributed by atoms with E-state index in [1.807, 2.05) is 0 Å². The molecule has 1 aliphatic rings. The molecule has 0 amide bonds. The van der Waals surface area contributed by atoms with E-state index in [1.54, 1.807) is 11.3 Å². The highest BCUT2D eigenvalue weighted by molar-refractivity contribution is 7.12. The number of thiophene rings is 1. The summed E-state index contributed by atoms with van der Waals surface area (Å²) < 4.78 is 0. The van der Waals surface area contributed by atoms with E-state index in [9.17, 15) is 4.79 Å². The molecule has 1 aromatic heterocycles. The third-order valence-electron chi connectivity index (χ3n) is 1.99. The highest BCUT2D eigenvalue weighted by Gasteiger charge is 2.13. The number of aldehydes is 1. The Kier molecular flexibility index (Phi) is 1.75. The maximum Gasteiger partial charge on any atom is 0.160 e. The van der Waals surface area contributed by atoms with Crippen LogP contribution in [0.5, 0.6) is 0 Å². The molecule has 0 atom stereocenters. The van der Waals surface area contributed by atoms with Crippen molar-refractivity contribution in [3.8, 4) is 0 Å². The predicted octanol–water partition coefficient (Wildman–Crippen LogP) is 1.21. The van der Waals surface area contributed by atoms with E-state index in [0.29, 0.717) is 0 Å². The van der Waals surface area contributed by atoms with Crippen LogP contribution < -0.4 is 5.32 Å². The van der Waals surface area contributed by atoms with E-state index in [0.717, 1.165) is 30.7 Å². The minimum atomic E-state index is 0.868. The van der Waals surface area contributed by atoms with Crippen molar-refractivity contribution in [3.05, 3.63) is 21.4 Å². The van der Waals surface area contributed by atoms with E-state index >= 15 is 0 Å². The van der Waals surface area contributed by atoms with Gasteiger partial charge in [-0.15, -0.1) is 11.3 Å². The molecule has 0 aliphatic carbocycles. The Labute approximate surface area is 69.2 Å². The van der Waals surface area contributed by atoms with E-state index in [1.165, 1.54) is 11.1 Å². The minimum absolute atomic E-state index is 0.868. The van der Waals surface area contributed by atoms with Gasteiger partial charge in [0.1, 0.15) is 0 Å². The Morgan fingerprint density at radius 2 is 2.55 bits per heavy atom. The van der Waals surface area contributed by atoms with Gasteiger partial charge in [0.15, 0.2) is 6.29 Å². The molecular weight excluding hydrogens is 158 g/mol. The van der Waals surface area contributed by atoms with E-state index in [-0.39, 0.29) is 0 Å². The van der Waals surface area contributed by atoms with Crippen LogP contribution in [0.1, 0.15) is 20.8 Å². The summed E-state index contributed by atoms with van der Waals surface area (Å²) in [5, 5.41) is 5.35. The summed E-state index contributed by atoms with van der Waals surface area (Å²) in [7, 11) is 0. The molecule has 1 aliphatic heterocycles. The van der Waals surface area contributed by atoms with Gasteiger partial charge in [0, 0.05) is 6.54 Å². The van der Waals surface area contributed by atoms with Crippen LogP contribution in [0.25, 0.3) is 0 Å². The van der Waals surface area contributed by atoms with Crippen molar-refractivity contribution in [1.82, 2.24) is 5.32 Å². The number of hydrogen-bond acceptors (Lipinski definition) is 3. The average molecular weight is 167 g/mol. The van der Waals surface area contributed by atoms with E-state index in [2.05, 4.69) is 10.7 Å². The topological polar surface area (TPSA) is 29.1 Å². The average Bonchev–Trinajstić information content (AvgIpc) is 2.47. The van der Waals surface area contributed by atoms with Crippen LogP contribution in [-0.2, 0) is 13.0 Å². The first-order valence-corrected chi connectivity index (χ1v) is 4.55. The van der Waals surface area contributed by atoms with Crippen molar-refractivity contribution in [3.63, 3.8) is 0 Å². The second-order valence-corrected chi connectivity index (χ2v) is 3.56. The van der Waals surface area contributed by atoms with Crippen molar-refractivity contribution in [2.75, 3.05) is 6.54 Å². The third kappa shape index (κ3) is 1.10. The highest BCUT2D eigenvalue weighted by Crippen LogP contribution is 2.23. The smallest absolute Gasteiger partial charge is 0.160 e. The molecular formula is C8H9NOS. The van der Waals surface area contributed by atoms with Crippen LogP contribution in [0.15, 0.2) is 5.38 Å². The Balaban J connectivity index is 2.45. The molecule has 1 N–H and O–H groups in total. The zero-order valence-corrected chi connectivity index (χ0v) is 6.91. The molecule has 0 spiro atoms. The summed E-state index contributed by atoms with van der Waals surface area (Å²) in [6, 6.07) is 0. The predicted molar refractivity (Wildman–Crippen MR) is 45.1 cm³/mol. The quantitative estimate of drug-likeness (QED) is 0.637. The molecule has 0 aromatic carbocycles. The van der Waals surface area contributed by atoms with Gasteiger partial charge in [0.05, 0.1) is 4.88 Å². The molecule has 2 nitrogen and oxygen atoms in total. The zero-order chi connectivity index (χ0) is 7.68. The molecule has 1 aromatic rings. The lowest BCUT2D eigenvalue weighted by atomic mass is 10.1. The lowest BCUT2D eigenvalue weighted by molar-refractivity contribution is 0.112. The van der Waals surface area contributed by atoms with Crippen LogP contribution >= 0.6 is 11.3 Å². The second kappa shape index (κ2) is 2.75. The first-order chi connectivity index (χ1) is 5.42. The van der Waals surface area contributed by atoms with E-state index in [4.69, 9.17) is 0 Å². The summed E-state index contributed by atoms with van der Waals surface area (Å²) in [6.07, 6.45) is 2.02. The fourth-order valence-corrected chi connectivity index (χ4v) is 2.31. The van der Waals surface area contributed by atoms with Crippen molar-refractivity contribution < 1.29 is 4.79 Å². The molecule has 3 heteroatoms. The van der Waals surface area contributed by atoms with Crippen molar-refractivity contribution in [2.45, 2.75) is 13.0 Å². The van der Waals surface area contributed by atoms with Crippen molar-refractivity contribution in [1.29, 1.82) is 0 Å². The molecule has 0 saturated carbocycles. The number of rotatable bonds is 1. The van der Waals surface area contributed by atoms with Gasteiger partial charge in [0.2, 0.25) is 0 Å². The fraction of sp³-hybridized carbons (Fsp3) is 0.375. The summed E-state index contributed by atoms with van der Waals surface area (Å²) in [5.41, 5.74) is 2.58. The highest BCUT2D eigenvalue weighted by atomic mass is 32.1. The monoisotopic (exact) mass is 167 g/mol. The van der Waals surface area contributed by atoms with Gasteiger partial charge in [-0.2, -0.15) is 0 Å². The molecule has 0 bridgehead atoms. The van der Waals surface area contributed by atoms with Gasteiger partial charge in [-0.1, -0.05) is 0 Å². The summed E-state index contributed by atoms with van der Waals surface area (Å²) in [4.78, 5) is 11.4. The Morgan fingerprint density at radius 3 is 3.36 bits per heavy atom. The second-order valence-electron chi connectivity index (χ2n) is 2.65. The number of nitrogens with one attached hydrogen (secondary N) is 1. The molecule has 58 valence electrons. The SMILES string of the molecule is O=Cc1scc2c1CNCC2. The normalized spacial score (nSPS) is 16.0. The Morgan fingerprint density at radius 1 is 1.64 bits per heavy atom. The van der Waals surface area contributed by atoms with E-state index < -0.39 is 0 Å². The molecule has 0 saturated heterocycles. The van der Waals surface area contributed by atoms with Crippen LogP contribution in [0, 0.1) is 0 Å². The lowest BCUT2D eigenvalue weighted by Gasteiger charge is -2.12. The first kappa shape index (κ1) is 7.00. The standard InChI is InChI=1S/C8H9NOS/c10-4-8-7-3-9-2-1-6(7)5-11-8/h4-5,9H,1-3H2. The Hall–Kier alpha value is -0.670. The first-order valence-electron chi connectivity index (χ1n) is 3.67. The molecule has 2 rings (SSSR count). The molecule has 11 heavy (non-hydrogen) atoms. The third-order valence-corrected chi connectivity index (χ3v) is 2.99. The summed E-state index contributed by atoms with van der Waals surface area (Å²) in [5.74, 6) is 0. The van der Waals surface area contributed by atoms with Gasteiger partial charge in [-0.3, -0.25) is 4.79 Å². The van der Waals surface area contributed by atoms with Gasteiger partial charge >= 0.3 is 0 Å². The summed E-state index contributed by atoms with van der Waals surface area (Å²) in [6.45, 7) is 1.91. The zero-order valence-electron chi connectivity index (χ0n) is 6.09. The summed E-state index contributed by atoms with van der Waals surface area (Å²) >= 11 is 1.56. The number of hydrogen-bond donors (Lipinski definition) is 1. The van der Waals surface area contributed by atoms with Gasteiger partial charge in [-0.05, 0) is 29.5 Å². The van der Waals surface area contributed by atoms with Crippen molar-refractivity contribution in [2.24, 2.45) is 0 Å². The Bertz CT molecular complexity index is 280. The maximum atomic E-state index is 10.5. The van der Waals surface area contributed by atoms with Gasteiger partial charge in [-0.25, -0.2) is 0 Å². The largest absolute Gasteiger partial charge is 0.312 e. The molecule has 0 unspecified atom stereocenters. The van der Waals surface area contributed by atoms with Crippen molar-refractivity contribution >= 4 is 17.6 Å². The lowest BCUT2D eigenvalue weighted by Crippen LogP contribution is -2.23.